The second-order valence-electron chi connectivity index (χ2n) is 8.29. The number of alkyl halides is 3. The van der Waals surface area contributed by atoms with Crippen LogP contribution in [0, 0.1) is 6.92 Å². The van der Waals surface area contributed by atoms with E-state index in [0.29, 0.717) is 6.42 Å². The minimum atomic E-state index is -4.35. The van der Waals surface area contributed by atoms with Gasteiger partial charge in [0.25, 0.3) is 0 Å². The van der Waals surface area contributed by atoms with E-state index in [1.54, 1.807) is 0 Å². The smallest absolute Gasteiger partial charge is 0.396 e. The van der Waals surface area contributed by atoms with E-state index < -0.39 is 11.7 Å². The highest BCUT2D eigenvalue weighted by Crippen LogP contribution is 2.33. The summed E-state index contributed by atoms with van der Waals surface area (Å²) < 4.78 is 40.5. The zero-order valence-electron chi connectivity index (χ0n) is 17.7. The van der Waals surface area contributed by atoms with Crippen molar-refractivity contribution in [2.45, 2.75) is 57.7 Å². The topological polar surface area (TPSA) is 53.7 Å². The van der Waals surface area contributed by atoms with Crippen molar-refractivity contribution in [1.29, 1.82) is 0 Å². The van der Waals surface area contributed by atoms with E-state index in [1.807, 2.05) is 30.5 Å². The van der Waals surface area contributed by atoms with Crippen LogP contribution in [0.4, 0.5) is 19.0 Å². The van der Waals surface area contributed by atoms with E-state index in [-0.39, 0.29) is 18.6 Å². The summed E-state index contributed by atoms with van der Waals surface area (Å²) in [6, 6.07) is 9.43. The van der Waals surface area contributed by atoms with Gasteiger partial charge in [-0.2, -0.15) is 22.8 Å². The first-order chi connectivity index (χ1) is 14.8. The Balaban J connectivity index is 1.70. The summed E-state index contributed by atoms with van der Waals surface area (Å²) >= 11 is 0. The summed E-state index contributed by atoms with van der Waals surface area (Å²) in [5.74, 6) is 0.776. The van der Waals surface area contributed by atoms with Crippen molar-refractivity contribution in [3.63, 3.8) is 0 Å². The van der Waals surface area contributed by atoms with Crippen molar-refractivity contribution < 1.29 is 18.3 Å². The fraction of sp³-hybridized carbons (Fsp3) is 0.478. The summed E-state index contributed by atoms with van der Waals surface area (Å²) in [6.07, 6.45) is -0.385. The van der Waals surface area contributed by atoms with Gasteiger partial charge in [0.1, 0.15) is 5.82 Å². The molecule has 1 fully saturated rings. The monoisotopic (exact) mass is 432 g/mol. The molecule has 1 aliphatic heterocycles. The molecule has 1 aromatic carbocycles. The number of nitrogens with zero attached hydrogens (tertiary/aromatic N) is 4. The molecule has 1 aliphatic rings. The molecule has 0 spiro atoms. The van der Waals surface area contributed by atoms with Gasteiger partial charge in [0.05, 0.1) is 11.3 Å². The van der Waals surface area contributed by atoms with Gasteiger partial charge in [0.15, 0.2) is 5.65 Å². The third-order valence-corrected chi connectivity index (χ3v) is 6.12. The van der Waals surface area contributed by atoms with Crippen LogP contribution in [-0.4, -0.2) is 38.9 Å². The van der Waals surface area contributed by atoms with Gasteiger partial charge in [-0.25, -0.2) is 4.98 Å². The number of hydrogen-bond acceptors (Lipinski definition) is 4. The van der Waals surface area contributed by atoms with Gasteiger partial charge >= 0.3 is 6.18 Å². The van der Waals surface area contributed by atoms with Crippen molar-refractivity contribution >= 4 is 11.5 Å². The number of aryl methyl sites for hydroxylation is 1. The summed E-state index contributed by atoms with van der Waals surface area (Å²) in [5.41, 5.74) is 2.47. The maximum absolute atomic E-state index is 12.9. The fourth-order valence-electron chi connectivity index (χ4n) is 4.40. The Hall–Kier alpha value is -2.61. The van der Waals surface area contributed by atoms with Crippen LogP contribution < -0.4 is 4.90 Å². The molecule has 0 aliphatic carbocycles. The molecule has 0 radical (unpaired) electrons. The van der Waals surface area contributed by atoms with E-state index in [0.717, 1.165) is 66.4 Å². The van der Waals surface area contributed by atoms with E-state index in [4.69, 9.17) is 5.10 Å². The largest absolute Gasteiger partial charge is 0.416 e. The van der Waals surface area contributed by atoms with Gasteiger partial charge in [0.2, 0.25) is 0 Å². The zero-order chi connectivity index (χ0) is 22.2. The van der Waals surface area contributed by atoms with Gasteiger partial charge in [-0.1, -0.05) is 19.1 Å². The number of piperidine rings is 1. The Labute approximate surface area is 179 Å². The Morgan fingerprint density at radius 2 is 1.90 bits per heavy atom. The lowest BCUT2D eigenvalue weighted by molar-refractivity contribution is -0.137. The van der Waals surface area contributed by atoms with Crippen LogP contribution in [-0.2, 0) is 6.18 Å². The lowest BCUT2D eigenvalue weighted by Gasteiger charge is -2.37. The molecule has 8 heteroatoms. The van der Waals surface area contributed by atoms with Crippen molar-refractivity contribution in [2.75, 3.05) is 18.1 Å². The van der Waals surface area contributed by atoms with Crippen LogP contribution in [0.3, 0.4) is 0 Å². The third kappa shape index (κ3) is 4.39. The van der Waals surface area contributed by atoms with E-state index in [9.17, 15) is 18.3 Å². The number of hydrogen-bond donors (Lipinski definition) is 1. The van der Waals surface area contributed by atoms with Crippen LogP contribution in [0.2, 0.25) is 0 Å². The third-order valence-electron chi connectivity index (χ3n) is 6.12. The zero-order valence-corrected chi connectivity index (χ0v) is 17.7. The number of aliphatic hydroxyl groups is 1. The number of halogens is 3. The second kappa shape index (κ2) is 8.49. The maximum atomic E-state index is 12.9. The Bertz CT molecular complexity index is 1040. The molecule has 2 aromatic heterocycles. The van der Waals surface area contributed by atoms with Gasteiger partial charge in [0, 0.05) is 42.9 Å². The highest BCUT2D eigenvalue weighted by atomic mass is 19.4. The molecule has 31 heavy (non-hydrogen) atoms. The van der Waals surface area contributed by atoms with E-state index in [2.05, 4.69) is 9.88 Å². The predicted octanol–water partition coefficient (Wildman–Crippen LogP) is 4.95. The quantitative estimate of drug-likeness (QED) is 0.620. The maximum Gasteiger partial charge on any atom is 0.416 e. The lowest BCUT2D eigenvalue weighted by atomic mass is 9.97. The molecular formula is C23H27F3N4O. The molecule has 0 bridgehead atoms. The molecule has 3 aromatic rings. The summed E-state index contributed by atoms with van der Waals surface area (Å²) in [5, 5.41) is 14.3. The number of rotatable bonds is 5. The Kier molecular flexibility index (Phi) is 5.92. The normalized spacial score (nSPS) is 18.5. The van der Waals surface area contributed by atoms with Crippen molar-refractivity contribution in [2.24, 2.45) is 0 Å². The molecule has 0 amide bonds. The SMILES string of the molecule is Cc1cc(N2CCCCC2CCO)n2nc(C(C)c3ccc(C(F)(F)F)cc3)cc2n1. The summed E-state index contributed by atoms with van der Waals surface area (Å²) in [4.78, 5) is 6.93. The highest BCUT2D eigenvalue weighted by Gasteiger charge is 2.30. The first-order valence-corrected chi connectivity index (χ1v) is 10.7. The van der Waals surface area contributed by atoms with Gasteiger partial charge < -0.3 is 10.0 Å². The first-order valence-electron chi connectivity index (χ1n) is 10.7. The van der Waals surface area contributed by atoms with Crippen molar-refractivity contribution in [3.05, 3.63) is 58.9 Å². The van der Waals surface area contributed by atoms with E-state index in [1.165, 1.54) is 12.1 Å². The number of anilines is 1. The van der Waals surface area contributed by atoms with Crippen LogP contribution in [0.5, 0.6) is 0 Å². The van der Waals surface area contributed by atoms with Gasteiger partial charge in [-0.05, 0) is 50.3 Å². The molecule has 4 rings (SSSR count). The summed E-state index contributed by atoms with van der Waals surface area (Å²) in [6.45, 7) is 4.92. The van der Waals surface area contributed by atoms with Crippen LogP contribution in [0.25, 0.3) is 5.65 Å². The van der Waals surface area contributed by atoms with Gasteiger partial charge in [-0.15, -0.1) is 0 Å². The highest BCUT2D eigenvalue weighted by molar-refractivity contribution is 5.53. The molecule has 3 heterocycles. The number of fused-ring (bicyclic) bond motifs is 1. The van der Waals surface area contributed by atoms with Crippen LogP contribution in [0.1, 0.15) is 61.0 Å². The number of benzene rings is 1. The Morgan fingerprint density at radius 3 is 2.58 bits per heavy atom. The molecular weight excluding hydrogens is 405 g/mol. The van der Waals surface area contributed by atoms with Crippen molar-refractivity contribution in [3.8, 4) is 0 Å². The summed E-state index contributed by atoms with van der Waals surface area (Å²) in [7, 11) is 0. The minimum absolute atomic E-state index is 0.143. The van der Waals surface area contributed by atoms with E-state index >= 15 is 0 Å². The minimum Gasteiger partial charge on any atom is -0.396 e. The number of aliphatic hydroxyl groups excluding tert-OH is 1. The fourth-order valence-corrected chi connectivity index (χ4v) is 4.40. The molecule has 1 N–H and O–H groups in total. The molecule has 2 unspecified atom stereocenters. The second-order valence-corrected chi connectivity index (χ2v) is 8.29. The lowest BCUT2D eigenvalue weighted by Crippen LogP contribution is -2.41. The molecule has 5 nitrogen and oxygen atoms in total. The van der Waals surface area contributed by atoms with Crippen LogP contribution in [0.15, 0.2) is 36.4 Å². The Morgan fingerprint density at radius 1 is 1.16 bits per heavy atom. The molecule has 1 saturated heterocycles. The predicted molar refractivity (Wildman–Crippen MR) is 113 cm³/mol. The van der Waals surface area contributed by atoms with Crippen molar-refractivity contribution in [1.82, 2.24) is 14.6 Å². The molecule has 0 saturated carbocycles. The molecule has 2 atom stereocenters. The standard InChI is InChI=1S/C23H27F3N4O/c1-15-13-22(29-11-4-3-5-19(29)10-12-31)30-21(27-15)14-20(28-30)16(2)17-6-8-18(9-7-17)23(24,25)26/h6-9,13-14,16,19,31H,3-5,10-12H2,1-2H3. The molecule has 166 valence electrons. The van der Waals surface area contributed by atoms with Crippen LogP contribution >= 0.6 is 0 Å². The van der Waals surface area contributed by atoms with Gasteiger partial charge in [-0.3, -0.25) is 0 Å². The number of aromatic nitrogens is 3. The average Bonchev–Trinajstić information content (AvgIpc) is 3.17. The first kappa shape index (κ1) is 21.6. The average molecular weight is 432 g/mol.